The van der Waals surface area contributed by atoms with E-state index in [0.29, 0.717) is 40.1 Å². The molecule has 1 atom stereocenters. The van der Waals surface area contributed by atoms with E-state index >= 15 is 4.39 Å². The maximum absolute atomic E-state index is 15.2. The Morgan fingerprint density at radius 1 is 1.32 bits per heavy atom. The molecule has 0 bridgehead atoms. The van der Waals surface area contributed by atoms with Gasteiger partial charge < -0.3 is 9.88 Å². The van der Waals surface area contributed by atoms with Crippen LogP contribution in [0.3, 0.4) is 0 Å². The molecule has 1 aliphatic rings. The Morgan fingerprint density at radius 3 is 2.68 bits per heavy atom. The van der Waals surface area contributed by atoms with E-state index in [-0.39, 0.29) is 11.6 Å². The molecule has 2 aromatic carbocycles. The number of fused-ring (bicyclic) bond motifs is 1. The van der Waals surface area contributed by atoms with Crippen molar-refractivity contribution in [1.82, 2.24) is 4.98 Å². The van der Waals surface area contributed by atoms with Crippen LogP contribution >= 0.6 is 0 Å². The Balaban J connectivity index is 1.91. The highest BCUT2D eigenvalue weighted by Gasteiger charge is 2.40. The quantitative estimate of drug-likeness (QED) is 0.667. The zero-order valence-electron chi connectivity index (χ0n) is 15.8. The molecule has 0 saturated carbocycles. The summed E-state index contributed by atoms with van der Waals surface area (Å²) in [5.41, 5.74) is 1.91. The first kappa shape index (κ1) is 18.5. The number of hydrogen-bond donors (Lipinski definition) is 2. The minimum absolute atomic E-state index is 0.192. The summed E-state index contributed by atoms with van der Waals surface area (Å²) in [4.78, 5) is 5.54. The number of hydrogen-bond acceptors (Lipinski definition) is 4. The van der Waals surface area contributed by atoms with Gasteiger partial charge in [0, 0.05) is 45.9 Å². The zero-order chi connectivity index (χ0) is 20.1. The minimum atomic E-state index is -2.94. The van der Waals surface area contributed by atoms with Gasteiger partial charge in [0.15, 0.2) is 5.82 Å². The minimum Gasteiger partial charge on any atom is -0.368 e. The third-order valence-corrected chi connectivity index (χ3v) is 7.19. The van der Waals surface area contributed by atoms with Crippen molar-refractivity contribution in [3.63, 3.8) is 0 Å². The van der Waals surface area contributed by atoms with Gasteiger partial charge >= 0.3 is 0 Å². The van der Waals surface area contributed by atoms with Gasteiger partial charge in [-0.25, -0.2) is 13.4 Å². The van der Waals surface area contributed by atoms with Gasteiger partial charge in [-0.1, -0.05) is 19.1 Å². The standard InChI is InChI=1S/C21H21FN4OS/c1-3-28(24,27)14-8-9-18(26-12-21(2,11-23)13-26)16(10-14)20-19(22)15-6-4-5-7-17(15)25-20/h4-10,24-25H,3,12-13H2,1-2H3. The summed E-state index contributed by atoms with van der Waals surface area (Å²) >= 11 is 0. The Kier molecular flexibility index (Phi) is 4.20. The van der Waals surface area contributed by atoms with Gasteiger partial charge in [0.1, 0.15) is 0 Å². The lowest BCUT2D eigenvalue weighted by Gasteiger charge is -2.45. The molecule has 0 aliphatic carbocycles. The molecule has 4 rings (SSSR count). The molecule has 1 aliphatic heterocycles. The molecule has 0 amide bonds. The van der Waals surface area contributed by atoms with Crippen molar-refractivity contribution in [2.24, 2.45) is 5.41 Å². The Bertz CT molecular complexity index is 1220. The number of halogens is 1. The van der Waals surface area contributed by atoms with Crippen molar-refractivity contribution in [2.75, 3.05) is 23.7 Å². The van der Waals surface area contributed by atoms with Crippen LogP contribution in [0, 0.1) is 27.3 Å². The maximum Gasteiger partial charge on any atom is 0.156 e. The van der Waals surface area contributed by atoms with Crippen LogP contribution in [0.5, 0.6) is 0 Å². The molecular formula is C21H21FN4OS. The third kappa shape index (κ3) is 2.85. The summed E-state index contributed by atoms with van der Waals surface area (Å²) < 4.78 is 35.9. The average molecular weight is 396 g/mol. The molecule has 0 radical (unpaired) electrons. The lowest BCUT2D eigenvalue weighted by atomic mass is 9.83. The van der Waals surface area contributed by atoms with Crippen LogP contribution in [-0.2, 0) is 9.73 Å². The molecule has 1 saturated heterocycles. The molecule has 5 nitrogen and oxygen atoms in total. The lowest BCUT2D eigenvalue weighted by molar-refractivity contribution is 0.337. The molecule has 1 unspecified atom stereocenters. The van der Waals surface area contributed by atoms with Crippen molar-refractivity contribution in [3.05, 3.63) is 48.3 Å². The summed E-state index contributed by atoms with van der Waals surface area (Å²) in [6.45, 7) is 4.69. The topological polar surface area (TPSA) is 83.7 Å². The fourth-order valence-corrected chi connectivity index (χ4v) is 4.62. The van der Waals surface area contributed by atoms with Crippen LogP contribution in [0.4, 0.5) is 10.1 Å². The van der Waals surface area contributed by atoms with E-state index in [0.717, 1.165) is 5.69 Å². The van der Waals surface area contributed by atoms with Crippen molar-refractivity contribution < 1.29 is 8.60 Å². The SMILES string of the molecule is CCS(=N)(=O)c1ccc(N2CC(C)(C#N)C2)c(-c2[nH]c3ccccc3c2F)c1. The first-order valence-electron chi connectivity index (χ1n) is 9.11. The van der Waals surface area contributed by atoms with Gasteiger partial charge in [-0.3, -0.25) is 0 Å². The summed E-state index contributed by atoms with van der Waals surface area (Å²) in [6, 6.07) is 14.6. The van der Waals surface area contributed by atoms with E-state index in [2.05, 4.69) is 11.1 Å². The molecular weight excluding hydrogens is 375 g/mol. The number of anilines is 1. The number of aromatic amines is 1. The van der Waals surface area contributed by atoms with Gasteiger partial charge in [-0.2, -0.15) is 5.26 Å². The van der Waals surface area contributed by atoms with Crippen molar-refractivity contribution in [3.8, 4) is 17.3 Å². The van der Waals surface area contributed by atoms with Crippen molar-refractivity contribution in [1.29, 1.82) is 10.0 Å². The van der Waals surface area contributed by atoms with Gasteiger partial charge in [-0.15, -0.1) is 0 Å². The number of benzene rings is 2. The van der Waals surface area contributed by atoms with Crippen LogP contribution in [0.2, 0.25) is 0 Å². The Hall–Kier alpha value is -2.85. The number of nitrogens with zero attached hydrogens (tertiary/aromatic N) is 2. The normalized spacial score (nSPS) is 17.7. The second kappa shape index (κ2) is 6.35. The van der Waals surface area contributed by atoms with Crippen molar-refractivity contribution >= 4 is 26.3 Å². The summed E-state index contributed by atoms with van der Waals surface area (Å²) in [6.07, 6.45) is 0. The number of para-hydroxylation sites is 1. The van der Waals surface area contributed by atoms with Crippen LogP contribution < -0.4 is 4.90 Å². The Labute approximate surface area is 163 Å². The predicted molar refractivity (Wildman–Crippen MR) is 109 cm³/mol. The fraction of sp³-hybridized carbons (Fsp3) is 0.286. The van der Waals surface area contributed by atoms with Gasteiger partial charge in [0.2, 0.25) is 0 Å². The Morgan fingerprint density at radius 2 is 2.04 bits per heavy atom. The van der Waals surface area contributed by atoms with E-state index < -0.39 is 15.1 Å². The molecule has 1 fully saturated rings. The first-order valence-corrected chi connectivity index (χ1v) is 10.8. The van der Waals surface area contributed by atoms with Crippen LogP contribution in [-0.4, -0.2) is 28.0 Å². The summed E-state index contributed by atoms with van der Waals surface area (Å²) in [7, 11) is -2.94. The predicted octanol–water partition coefficient (Wildman–Crippen LogP) is 4.75. The monoisotopic (exact) mass is 396 g/mol. The van der Waals surface area contributed by atoms with E-state index in [1.54, 1.807) is 37.3 Å². The molecule has 1 aromatic heterocycles. The third-order valence-electron chi connectivity index (χ3n) is 5.36. The van der Waals surface area contributed by atoms with E-state index in [1.165, 1.54) is 0 Å². The van der Waals surface area contributed by atoms with E-state index in [9.17, 15) is 9.47 Å². The fourth-order valence-electron chi connectivity index (χ4n) is 3.69. The first-order chi connectivity index (χ1) is 13.3. The highest BCUT2D eigenvalue weighted by atomic mass is 32.2. The average Bonchev–Trinajstić information content (AvgIpc) is 3.02. The second-order valence-corrected chi connectivity index (χ2v) is 9.93. The molecule has 2 N–H and O–H groups in total. The molecule has 28 heavy (non-hydrogen) atoms. The summed E-state index contributed by atoms with van der Waals surface area (Å²) in [5.74, 6) is -0.178. The molecule has 144 valence electrons. The molecule has 3 aromatic rings. The molecule has 7 heteroatoms. The highest BCUT2D eigenvalue weighted by Crippen LogP contribution is 2.41. The van der Waals surface area contributed by atoms with Crippen LogP contribution in [0.15, 0.2) is 47.4 Å². The number of nitriles is 1. The van der Waals surface area contributed by atoms with Crippen LogP contribution in [0.25, 0.3) is 22.2 Å². The van der Waals surface area contributed by atoms with E-state index in [4.69, 9.17) is 4.78 Å². The van der Waals surface area contributed by atoms with Crippen molar-refractivity contribution in [2.45, 2.75) is 18.7 Å². The van der Waals surface area contributed by atoms with Gasteiger partial charge in [0.25, 0.3) is 0 Å². The lowest BCUT2D eigenvalue weighted by Crippen LogP contribution is -2.54. The number of nitrogens with one attached hydrogen (secondary N) is 2. The second-order valence-electron chi connectivity index (χ2n) is 7.53. The van der Waals surface area contributed by atoms with Crippen LogP contribution in [0.1, 0.15) is 13.8 Å². The maximum atomic E-state index is 15.2. The largest absolute Gasteiger partial charge is 0.368 e. The molecule has 2 heterocycles. The highest BCUT2D eigenvalue weighted by molar-refractivity contribution is 7.92. The zero-order valence-corrected chi connectivity index (χ0v) is 16.6. The number of H-pyrrole nitrogens is 1. The number of aromatic nitrogens is 1. The smallest absolute Gasteiger partial charge is 0.156 e. The number of rotatable bonds is 4. The summed E-state index contributed by atoms with van der Waals surface area (Å²) in [5, 5.41) is 9.80. The molecule has 0 spiro atoms. The van der Waals surface area contributed by atoms with Gasteiger partial charge in [0.05, 0.1) is 26.9 Å². The van der Waals surface area contributed by atoms with E-state index in [1.807, 2.05) is 24.0 Å². The van der Waals surface area contributed by atoms with Gasteiger partial charge in [-0.05, 0) is 37.3 Å².